The third-order valence-corrected chi connectivity index (χ3v) is 4.09. The molecule has 1 aliphatic carbocycles. The lowest BCUT2D eigenvalue weighted by molar-refractivity contribution is 0.242. The Bertz CT molecular complexity index is 575. The predicted molar refractivity (Wildman–Crippen MR) is 83.2 cm³/mol. The summed E-state index contributed by atoms with van der Waals surface area (Å²) in [7, 11) is 0. The molecule has 1 N–H and O–H groups in total. The number of hydrogen-bond acceptors (Lipinski definition) is 4. The first kappa shape index (κ1) is 13.6. The highest BCUT2D eigenvalue weighted by Crippen LogP contribution is 2.28. The second-order valence-electron chi connectivity index (χ2n) is 5.49. The van der Waals surface area contributed by atoms with E-state index in [-0.39, 0.29) is 6.10 Å². The van der Waals surface area contributed by atoms with Crippen molar-refractivity contribution in [2.75, 3.05) is 0 Å². The van der Waals surface area contributed by atoms with Crippen LogP contribution in [-0.2, 0) is 6.54 Å². The zero-order valence-electron chi connectivity index (χ0n) is 11.9. The lowest BCUT2D eigenvalue weighted by Gasteiger charge is -2.10. The molecule has 20 heavy (non-hydrogen) atoms. The van der Waals surface area contributed by atoms with Crippen molar-refractivity contribution in [2.45, 2.75) is 45.4 Å². The SMILES string of the molecule is CC(C)Oc1cccc(-c2nc(CNC3CC3)cs2)c1. The molecule has 0 radical (unpaired) electrons. The van der Waals surface area contributed by atoms with Crippen LogP contribution in [0.2, 0.25) is 0 Å². The molecule has 106 valence electrons. The molecule has 0 aliphatic heterocycles. The minimum Gasteiger partial charge on any atom is -0.491 e. The van der Waals surface area contributed by atoms with Crippen LogP contribution in [0.5, 0.6) is 5.75 Å². The number of hydrogen-bond donors (Lipinski definition) is 1. The average molecular weight is 288 g/mol. The van der Waals surface area contributed by atoms with E-state index in [9.17, 15) is 0 Å². The Labute approximate surface area is 124 Å². The zero-order valence-corrected chi connectivity index (χ0v) is 12.7. The minimum absolute atomic E-state index is 0.194. The topological polar surface area (TPSA) is 34.1 Å². The van der Waals surface area contributed by atoms with Crippen molar-refractivity contribution >= 4 is 11.3 Å². The summed E-state index contributed by atoms with van der Waals surface area (Å²) in [5.74, 6) is 0.908. The van der Waals surface area contributed by atoms with E-state index in [1.807, 2.05) is 26.0 Å². The molecular weight excluding hydrogens is 268 g/mol. The van der Waals surface area contributed by atoms with Gasteiger partial charge in [-0.25, -0.2) is 4.98 Å². The number of nitrogens with one attached hydrogen (secondary N) is 1. The van der Waals surface area contributed by atoms with Crippen LogP contribution in [0, 0.1) is 0 Å². The molecule has 4 heteroatoms. The van der Waals surface area contributed by atoms with E-state index in [0.29, 0.717) is 0 Å². The lowest BCUT2D eigenvalue weighted by atomic mass is 10.2. The molecule has 2 aromatic rings. The zero-order chi connectivity index (χ0) is 13.9. The van der Waals surface area contributed by atoms with Crippen molar-refractivity contribution in [2.24, 2.45) is 0 Å². The smallest absolute Gasteiger partial charge is 0.123 e. The fraction of sp³-hybridized carbons (Fsp3) is 0.438. The van der Waals surface area contributed by atoms with Gasteiger partial charge in [-0.2, -0.15) is 0 Å². The Morgan fingerprint density at radius 1 is 1.40 bits per heavy atom. The first-order valence-corrected chi connectivity index (χ1v) is 8.03. The quantitative estimate of drug-likeness (QED) is 0.876. The van der Waals surface area contributed by atoms with Crippen molar-refractivity contribution in [1.82, 2.24) is 10.3 Å². The largest absolute Gasteiger partial charge is 0.491 e. The molecule has 0 saturated heterocycles. The van der Waals surface area contributed by atoms with Gasteiger partial charge in [0.2, 0.25) is 0 Å². The van der Waals surface area contributed by atoms with Gasteiger partial charge in [-0.15, -0.1) is 11.3 Å². The summed E-state index contributed by atoms with van der Waals surface area (Å²) >= 11 is 1.70. The fourth-order valence-corrected chi connectivity index (χ4v) is 2.85. The van der Waals surface area contributed by atoms with E-state index < -0.39 is 0 Å². The molecule has 3 nitrogen and oxygen atoms in total. The van der Waals surface area contributed by atoms with Crippen LogP contribution in [0.25, 0.3) is 10.6 Å². The Morgan fingerprint density at radius 3 is 3.00 bits per heavy atom. The van der Waals surface area contributed by atoms with Gasteiger partial charge < -0.3 is 10.1 Å². The maximum absolute atomic E-state index is 5.73. The highest BCUT2D eigenvalue weighted by Gasteiger charge is 2.20. The van der Waals surface area contributed by atoms with Gasteiger partial charge in [0, 0.05) is 23.5 Å². The summed E-state index contributed by atoms with van der Waals surface area (Å²) in [5, 5.41) is 6.70. The van der Waals surface area contributed by atoms with Gasteiger partial charge in [-0.1, -0.05) is 12.1 Å². The summed E-state index contributed by atoms with van der Waals surface area (Å²) < 4.78 is 5.73. The van der Waals surface area contributed by atoms with Crippen LogP contribution in [0.15, 0.2) is 29.6 Å². The van der Waals surface area contributed by atoms with Gasteiger partial charge in [-0.3, -0.25) is 0 Å². The van der Waals surface area contributed by atoms with Crippen molar-refractivity contribution < 1.29 is 4.74 Å². The highest BCUT2D eigenvalue weighted by atomic mass is 32.1. The van der Waals surface area contributed by atoms with E-state index in [4.69, 9.17) is 9.72 Å². The number of rotatable bonds is 6. The maximum atomic E-state index is 5.73. The second-order valence-corrected chi connectivity index (χ2v) is 6.35. The summed E-state index contributed by atoms with van der Waals surface area (Å²) in [4.78, 5) is 4.70. The predicted octanol–water partition coefficient (Wildman–Crippen LogP) is 3.85. The molecule has 1 aliphatic rings. The molecule has 1 fully saturated rings. The number of aromatic nitrogens is 1. The van der Waals surface area contributed by atoms with Crippen LogP contribution < -0.4 is 10.1 Å². The molecule has 3 rings (SSSR count). The molecule has 1 saturated carbocycles. The molecule has 0 unspecified atom stereocenters. The first-order valence-electron chi connectivity index (χ1n) is 7.15. The average Bonchev–Trinajstić information content (AvgIpc) is 3.13. The van der Waals surface area contributed by atoms with Crippen molar-refractivity contribution in [3.05, 3.63) is 35.3 Å². The number of benzene rings is 1. The maximum Gasteiger partial charge on any atom is 0.123 e. The van der Waals surface area contributed by atoms with Crippen LogP contribution >= 0.6 is 11.3 Å². The summed E-state index contributed by atoms with van der Waals surface area (Å²) in [6.45, 7) is 4.96. The van der Waals surface area contributed by atoms with Crippen LogP contribution in [0.4, 0.5) is 0 Å². The van der Waals surface area contributed by atoms with Gasteiger partial charge in [0.15, 0.2) is 0 Å². The molecule has 0 amide bonds. The Morgan fingerprint density at radius 2 is 2.25 bits per heavy atom. The number of thiazole rings is 1. The molecule has 1 aromatic carbocycles. The monoisotopic (exact) mass is 288 g/mol. The molecule has 0 spiro atoms. The molecule has 0 atom stereocenters. The number of nitrogens with zero attached hydrogens (tertiary/aromatic N) is 1. The van der Waals surface area contributed by atoms with Crippen molar-refractivity contribution in [3.63, 3.8) is 0 Å². The van der Waals surface area contributed by atoms with E-state index in [2.05, 4.69) is 22.8 Å². The van der Waals surface area contributed by atoms with Crippen molar-refractivity contribution in [3.8, 4) is 16.3 Å². The third-order valence-electron chi connectivity index (χ3n) is 3.15. The molecule has 0 bridgehead atoms. The number of ether oxygens (including phenoxy) is 1. The van der Waals surface area contributed by atoms with Crippen LogP contribution in [0.1, 0.15) is 32.4 Å². The third kappa shape index (κ3) is 3.58. The highest BCUT2D eigenvalue weighted by molar-refractivity contribution is 7.13. The summed E-state index contributed by atoms with van der Waals surface area (Å²) in [5.41, 5.74) is 2.26. The van der Waals surface area contributed by atoms with Gasteiger partial charge in [0.25, 0.3) is 0 Å². The fourth-order valence-electron chi connectivity index (χ4n) is 2.03. The van der Waals surface area contributed by atoms with Gasteiger partial charge in [-0.05, 0) is 38.8 Å². The van der Waals surface area contributed by atoms with Crippen LogP contribution in [-0.4, -0.2) is 17.1 Å². The second kappa shape index (κ2) is 5.94. The summed E-state index contributed by atoms with van der Waals surface area (Å²) in [6, 6.07) is 8.90. The minimum atomic E-state index is 0.194. The van der Waals surface area contributed by atoms with Gasteiger partial charge in [0.05, 0.1) is 11.8 Å². The lowest BCUT2D eigenvalue weighted by Crippen LogP contribution is -2.15. The Kier molecular flexibility index (Phi) is 4.03. The van der Waals surface area contributed by atoms with Gasteiger partial charge >= 0.3 is 0 Å². The Hall–Kier alpha value is -1.39. The molecule has 1 aromatic heterocycles. The molecule has 1 heterocycles. The normalized spacial score (nSPS) is 14.8. The van der Waals surface area contributed by atoms with Crippen molar-refractivity contribution in [1.29, 1.82) is 0 Å². The molecular formula is C16H20N2OS. The Balaban J connectivity index is 1.71. The van der Waals surface area contributed by atoms with Crippen LogP contribution in [0.3, 0.4) is 0 Å². The van der Waals surface area contributed by atoms with Gasteiger partial charge in [0.1, 0.15) is 10.8 Å². The first-order chi connectivity index (χ1) is 9.70. The van der Waals surface area contributed by atoms with E-state index in [0.717, 1.165) is 34.6 Å². The van der Waals surface area contributed by atoms with E-state index in [1.54, 1.807) is 11.3 Å². The summed E-state index contributed by atoms with van der Waals surface area (Å²) in [6.07, 6.45) is 2.82. The van der Waals surface area contributed by atoms with E-state index >= 15 is 0 Å². The standard InChI is InChI=1S/C16H20N2OS/c1-11(2)19-15-5-3-4-12(8-15)16-18-14(10-20-16)9-17-13-6-7-13/h3-5,8,10-11,13,17H,6-7,9H2,1-2H3. The van der Waals surface area contributed by atoms with E-state index in [1.165, 1.54) is 12.8 Å².